The van der Waals surface area contributed by atoms with Crippen LogP contribution in [0.15, 0.2) is 18.2 Å². The topological polar surface area (TPSA) is 118 Å². The number of fused-ring (bicyclic) bond motifs is 1. The Bertz CT molecular complexity index is 655. The summed E-state index contributed by atoms with van der Waals surface area (Å²) >= 11 is 0. The highest BCUT2D eigenvalue weighted by Gasteiger charge is 2.27. The van der Waals surface area contributed by atoms with Crippen LogP contribution in [0.2, 0.25) is 0 Å². The molecule has 2 amide bonds. The summed E-state index contributed by atoms with van der Waals surface area (Å²) in [5.74, 6) is -1.02. The molecule has 2 rings (SSSR count). The minimum Gasteiger partial charge on any atom is -0.330 e. The van der Waals surface area contributed by atoms with Gasteiger partial charge in [-0.1, -0.05) is 0 Å². The van der Waals surface area contributed by atoms with Crippen LogP contribution in [0.25, 0.3) is 0 Å². The van der Waals surface area contributed by atoms with E-state index in [0.717, 1.165) is 0 Å². The molecule has 0 unspecified atom stereocenters. The number of hydrogen-bond donors (Lipinski definition) is 3. The van der Waals surface area contributed by atoms with E-state index in [2.05, 4.69) is 10.0 Å². The standard InChI is InChI=1S/C12H15N3O4S/c13-5-1-2-6-20(18,19)15-8-3-4-9-10(7-8)12(17)14-11(9)16/h3-4,7,15H,1-2,5-6,13H2,(H,14,16,17). The molecule has 1 aliphatic heterocycles. The van der Waals surface area contributed by atoms with E-state index in [9.17, 15) is 18.0 Å². The molecule has 0 aromatic heterocycles. The van der Waals surface area contributed by atoms with Gasteiger partial charge < -0.3 is 5.73 Å². The Morgan fingerprint density at radius 2 is 1.80 bits per heavy atom. The summed E-state index contributed by atoms with van der Waals surface area (Å²) in [4.78, 5) is 22.8. The lowest BCUT2D eigenvalue weighted by molar-refractivity contribution is 0.0879. The molecule has 0 aliphatic carbocycles. The van der Waals surface area contributed by atoms with Gasteiger partial charge in [-0.2, -0.15) is 0 Å². The van der Waals surface area contributed by atoms with Gasteiger partial charge in [-0.25, -0.2) is 8.42 Å². The maximum absolute atomic E-state index is 11.8. The fourth-order valence-electron chi connectivity index (χ4n) is 1.90. The zero-order chi connectivity index (χ0) is 14.8. The van der Waals surface area contributed by atoms with E-state index in [4.69, 9.17) is 5.73 Å². The molecule has 8 heteroatoms. The van der Waals surface area contributed by atoms with Crippen molar-refractivity contribution in [1.82, 2.24) is 5.32 Å². The third-order valence-corrected chi connectivity index (χ3v) is 4.25. The number of hydrogen-bond acceptors (Lipinski definition) is 5. The molecule has 0 radical (unpaired) electrons. The third-order valence-electron chi connectivity index (χ3n) is 2.88. The zero-order valence-corrected chi connectivity index (χ0v) is 11.5. The average Bonchev–Trinajstić information content (AvgIpc) is 2.64. The average molecular weight is 297 g/mol. The van der Waals surface area contributed by atoms with E-state index >= 15 is 0 Å². The predicted molar refractivity (Wildman–Crippen MR) is 73.9 cm³/mol. The highest BCUT2D eigenvalue weighted by Crippen LogP contribution is 2.21. The van der Waals surface area contributed by atoms with Crippen molar-refractivity contribution in [2.24, 2.45) is 5.73 Å². The van der Waals surface area contributed by atoms with Crippen molar-refractivity contribution in [3.05, 3.63) is 29.3 Å². The molecule has 1 heterocycles. The molecular formula is C12H15N3O4S. The van der Waals surface area contributed by atoms with Crippen LogP contribution in [-0.2, 0) is 10.0 Å². The minimum absolute atomic E-state index is 0.0353. The van der Waals surface area contributed by atoms with Crippen molar-refractivity contribution in [3.63, 3.8) is 0 Å². The molecule has 1 aromatic rings. The van der Waals surface area contributed by atoms with Crippen molar-refractivity contribution < 1.29 is 18.0 Å². The van der Waals surface area contributed by atoms with E-state index in [0.29, 0.717) is 19.4 Å². The number of carbonyl (C=O) groups is 2. The number of sulfonamides is 1. The van der Waals surface area contributed by atoms with E-state index in [-0.39, 0.29) is 22.6 Å². The van der Waals surface area contributed by atoms with Crippen LogP contribution in [0.3, 0.4) is 0 Å². The molecule has 1 aromatic carbocycles. The second-order valence-electron chi connectivity index (χ2n) is 4.46. The van der Waals surface area contributed by atoms with Crippen LogP contribution in [-0.4, -0.2) is 32.5 Å². The van der Waals surface area contributed by atoms with E-state index in [1.807, 2.05) is 0 Å². The SMILES string of the molecule is NCCCCS(=O)(=O)Nc1ccc2c(c1)C(=O)NC2=O. The first kappa shape index (κ1) is 14.5. The van der Waals surface area contributed by atoms with Crippen LogP contribution < -0.4 is 15.8 Å². The van der Waals surface area contributed by atoms with Gasteiger partial charge in [-0.05, 0) is 37.6 Å². The van der Waals surface area contributed by atoms with E-state index in [1.165, 1.54) is 18.2 Å². The molecular weight excluding hydrogens is 282 g/mol. The molecule has 1 aliphatic rings. The molecule has 20 heavy (non-hydrogen) atoms. The van der Waals surface area contributed by atoms with Crippen LogP contribution in [0.5, 0.6) is 0 Å². The zero-order valence-electron chi connectivity index (χ0n) is 10.7. The second kappa shape index (κ2) is 5.59. The van der Waals surface area contributed by atoms with Crippen molar-refractivity contribution in [1.29, 1.82) is 0 Å². The van der Waals surface area contributed by atoms with E-state index < -0.39 is 21.8 Å². The Labute approximate surface area is 116 Å². The van der Waals surface area contributed by atoms with Gasteiger partial charge in [-0.15, -0.1) is 0 Å². The van der Waals surface area contributed by atoms with Crippen molar-refractivity contribution in [2.75, 3.05) is 17.0 Å². The molecule has 0 atom stereocenters. The first-order chi connectivity index (χ1) is 9.43. The predicted octanol–water partition coefficient (Wildman–Crippen LogP) is 0.0508. The Balaban J connectivity index is 2.13. The smallest absolute Gasteiger partial charge is 0.259 e. The van der Waals surface area contributed by atoms with E-state index in [1.54, 1.807) is 0 Å². The lowest BCUT2D eigenvalue weighted by atomic mass is 10.1. The Hall–Kier alpha value is -1.93. The Kier molecular flexibility index (Phi) is 4.05. The number of imide groups is 1. The summed E-state index contributed by atoms with van der Waals surface area (Å²) in [6, 6.07) is 4.24. The summed E-state index contributed by atoms with van der Waals surface area (Å²) in [6.45, 7) is 0.441. The minimum atomic E-state index is -3.48. The van der Waals surface area contributed by atoms with Gasteiger partial charge in [0.1, 0.15) is 0 Å². The quantitative estimate of drug-likeness (QED) is 0.506. The normalized spacial score (nSPS) is 14.1. The summed E-state index contributed by atoms with van der Waals surface area (Å²) in [5.41, 5.74) is 6.00. The molecule has 0 bridgehead atoms. The molecule has 0 saturated carbocycles. The molecule has 7 nitrogen and oxygen atoms in total. The van der Waals surface area contributed by atoms with Gasteiger partial charge in [0.05, 0.1) is 16.9 Å². The summed E-state index contributed by atoms with van der Waals surface area (Å²) in [5, 5.41) is 2.15. The number of rotatable bonds is 6. The van der Waals surface area contributed by atoms with Crippen molar-refractivity contribution in [2.45, 2.75) is 12.8 Å². The highest BCUT2D eigenvalue weighted by molar-refractivity contribution is 7.92. The second-order valence-corrected chi connectivity index (χ2v) is 6.30. The van der Waals surface area contributed by atoms with Gasteiger partial charge in [0.2, 0.25) is 10.0 Å². The van der Waals surface area contributed by atoms with Crippen molar-refractivity contribution >= 4 is 27.5 Å². The number of anilines is 1. The molecule has 108 valence electrons. The molecule has 4 N–H and O–H groups in total. The highest BCUT2D eigenvalue weighted by atomic mass is 32.2. The number of carbonyl (C=O) groups excluding carboxylic acids is 2. The first-order valence-electron chi connectivity index (χ1n) is 6.13. The van der Waals surface area contributed by atoms with Crippen LogP contribution in [0.4, 0.5) is 5.69 Å². The third kappa shape index (κ3) is 3.14. The number of nitrogens with two attached hydrogens (primary N) is 1. The lowest BCUT2D eigenvalue weighted by Gasteiger charge is -2.08. The summed E-state index contributed by atoms with van der Waals surface area (Å²) < 4.78 is 26.0. The number of unbranched alkanes of at least 4 members (excludes halogenated alkanes) is 1. The first-order valence-corrected chi connectivity index (χ1v) is 7.78. The van der Waals surface area contributed by atoms with Gasteiger partial charge in [0.15, 0.2) is 0 Å². The van der Waals surface area contributed by atoms with Gasteiger partial charge in [-0.3, -0.25) is 19.6 Å². The van der Waals surface area contributed by atoms with Crippen LogP contribution in [0, 0.1) is 0 Å². The summed E-state index contributed by atoms with van der Waals surface area (Å²) in [6.07, 6.45) is 1.09. The van der Waals surface area contributed by atoms with Crippen LogP contribution in [0.1, 0.15) is 33.6 Å². The monoisotopic (exact) mass is 297 g/mol. The largest absolute Gasteiger partial charge is 0.330 e. The van der Waals surface area contributed by atoms with Gasteiger partial charge >= 0.3 is 0 Å². The fourth-order valence-corrected chi connectivity index (χ4v) is 3.07. The Morgan fingerprint density at radius 1 is 1.10 bits per heavy atom. The molecule has 0 saturated heterocycles. The van der Waals surface area contributed by atoms with Gasteiger partial charge in [0, 0.05) is 5.69 Å². The maximum atomic E-state index is 11.8. The Morgan fingerprint density at radius 3 is 2.50 bits per heavy atom. The number of amides is 2. The molecule has 0 fully saturated rings. The van der Waals surface area contributed by atoms with Crippen LogP contribution >= 0.6 is 0 Å². The summed E-state index contributed by atoms with van der Waals surface area (Å²) in [7, 11) is -3.48. The van der Waals surface area contributed by atoms with Gasteiger partial charge in [0.25, 0.3) is 11.8 Å². The number of nitrogens with one attached hydrogen (secondary N) is 2. The lowest BCUT2D eigenvalue weighted by Crippen LogP contribution is -2.20. The maximum Gasteiger partial charge on any atom is 0.259 e. The molecule has 0 spiro atoms. The van der Waals surface area contributed by atoms with Crippen molar-refractivity contribution in [3.8, 4) is 0 Å². The fraction of sp³-hybridized carbons (Fsp3) is 0.333. The number of benzene rings is 1.